The number of benzene rings is 1. The van der Waals surface area contributed by atoms with Gasteiger partial charge in [-0.25, -0.2) is 9.78 Å². The number of hydrogen-bond donors (Lipinski definition) is 1. The minimum Gasteiger partial charge on any atom is -0.493 e. The van der Waals surface area contributed by atoms with Crippen LogP contribution in [0, 0.1) is 6.92 Å². The average molecular weight is 290 g/mol. The first-order chi connectivity index (χ1) is 10.0. The van der Waals surface area contributed by atoms with E-state index in [1.165, 1.54) is 17.9 Å². The summed E-state index contributed by atoms with van der Waals surface area (Å²) in [4.78, 5) is 15.4. The van der Waals surface area contributed by atoms with Crippen LogP contribution >= 0.6 is 0 Å². The third kappa shape index (κ3) is 3.41. The van der Waals surface area contributed by atoms with Gasteiger partial charge in [0, 0.05) is 12.4 Å². The van der Waals surface area contributed by atoms with E-state index in [4.69, 9.17) is 9.47 Å². The molecular formula is C15H18N2O4. The van der Waals surface area contributed by atoms with Gasteiger partial charge in [0.25, 0.3) is 0 Å². The van der Waals surface area contributed by atoms with Crippen molar-refractivity contribution in [3.8, 4) is 11.5 Å². The Labute approximate surface area is 122 Å². The van der Waals surface area contributed by atoms with Crippen LogP contribution < -0.4 is 15.2 Å². The fourth-order valence-corrected chi connectivity index (χ4v) is 2.05. The lowest BCUT2D eigenvalue weighted by Crippen LogP contribution is -2.25. The fraction of sp³-hybridized carbons (Fsp3) is 0.333. The number of aromatic nitrogens is 2. The Bertz CT molecular complexity index is 682. The fourth-order valence-electron chi connectivity index (χ4n) is 2.05. The Morgan fingerprint density at radius 3 is 2.67 bits per heavy atom. The van der Waals surface area contributed by atoms with Gasteiger partial charge in [-0.05, 0) is 30.2 Å². The normalized spacial score (nSPS) is 12.0. The first-order valence-electron chi connectivity index (χ1n) is 6.48. The highest BCUT2D eigenvalue weighted by molar-refractivity contribution is 5.43. The predicted molar refractivity (Wildman–Crippen MR) is 77.7 cm³/mol. The summed E-state index contributed by atoms with van der Waals surface area (Å²) < 4.78 is 11.7. The van der Waals surface area contributed by atoms with Crippen molar-refractivity contribution in [3.63, 3.8) is 0 Å². The van der Waals surface area contributed by atoms with Crippen LogP contribution in [0.25, 0.3) is 0 Å². The molecule has 112 valence electrons. The van der Waals surface area contributed by atoms with E-state index in [2.05, 4.69) is 4.98 Å². The minimum absolute atomic E-state index is 0.128. The molecule has 2 aromatic rings. The van der Waals surface area contributed by atoms with E-state index in [-0.39, 0.29) is 12.2 Å². The highest BCUT2D eigenvalue weighted by atomic mass is 16.5. The maximum atomic E-state index is 11.7. The van der Waals surface area contributed by atoms with Crippen molar-refractivity contribution in [1.29, 1.82) is 0 Å². The zero-order valence-electron chi connectivity index (χ0n) is 12.2. The van der Waals surface area contributed by atoms with Crippen molar-refractivity contribution in [2.75, 3.05) is 14.2 Å². The van der Waals surface area contributed by atoms with Gasteiger partial charge < -0.3 is 14.6 Å². The molecule has 0 aliphatic heterocycles. The number of aliphatic hydroxyl groups excluding tert-OH is 1. The molecule has 0 spiro atoms. The summed E-state index contributed by atoms with van der Waals surface area (Å²) in [5.41, 5.74) is 1.11. The lowest BCUT2D eigenvalue weighted by molar-refractivity contribution is 0.154. The predicted octanol–water partition coefficient (Wildman–Crippen LogP) is 1.30. The number of rotatable bonds is 5. The average Bonchev–Trinajstić information content (AvgIpc) is 2.50. The number of aliphatic hydroxyl groups is 1. The summed E-state index contributed by atoms with van der Waals surface area (Å²) in [5.74, 6) is 1.12. The molecule has 1 aromatic carbocycles. The molecule has 1 atom stereocenters. The second-order valence-corrected chi connectivity index (χ2v) is 4.70. The topological polar surface area (TPSA) is 73.6 Å². The van der Waals surface area contributed by atoms with Crippen LogP contribution in [0.15, 0.2) is 35.4 Å². The van der Waals surface area contributed by atoms with Crippen LogP contribution in [0.5, 0.6) is 11.5 Å². The summed E-state index contributed by atoms with van der Waals surface area (Å²) in [6.07, 6.45) is 2.33. The number of aryl methyl sites for hydroxylation is 1. The minimum atomic E-state index is -0.842. The second kappa shape index (κ2) is 6.41. The number of methoxy groups -OCH3 is 2. The molecule has 0 fully saturated rings. The zero-order valence-corrected chi connectivity index (χ0v) is 12.2. The lowest BCUT2D eigenvalue weighted by Gasteiger charge is -2.15. The molecule has 1 unspecified atom stereocenters. The molecule has 6 heteroatoms. The quantitative estimate of drug-likeness (QED) is 0.898. The van der Waals surface area contributed by atoms with Gasteiger partial charge in [0.2, 0.25) is 0 Å². The molecule has 1 N–H and O–H groups in total. The van der Waals surface area contributed by atoms with Gasteiger partial charge >= 0.3 is 5.69 Å². The second-order valence-electron chi connectivity index (χ2n) is 4.70. The Morgan fingerprint density at radius 1 is 1.29 bits per heavy atom. The van der Waals surface area contributed by atoms with Gasteiger partial charge in [-0.3, -0.25) is 4.57 Å². The summed E-state index contributed by atoms with van der Waals surface area (Å²) >= 11 is 0. The molecular weight excluding hydrogens is 272 g/mol. The molecule has 0 bridgehead atoms. The molecule has 2 rings (SSSR count). The van der Waals surface area contributed by atoms with E-state index < -0.39 is 6.10 Å². The summed E-state index contributed by atoms with van der Waals surface area (Å²) in [5, 5.41) is 10.3. The highest BCUT2D eigenvalue weighted by Crippen LogP contribution is 2.30. The van der Waals surface area contributed by atoms with Gasteiger partial charge in [-0.2, -0.15) is 0 Å². The summed E-state index contributed by atoms with van der Waals surface area (Å²) in [7, 11) is 3.08. The van der Waals surface area contributed by atoms with Crippen molar-refractivity contribution in [2.45, 2.75) is 19.6 Å². The molecule has 0 saturated carbocycles. The molecule has 0 amide bonds. The molecule has 0 radical (unpaired) electrons. The highest BCUT2D eigenvalue weighted by Gasteiger charge is 2.13. The molecule has 0 aliphatic carbocycles. The Hall–Kier alpha value is -2.34. The van der Waals surface area contributed by atoms with Crippen LogP contribution in [0.4, 0.5) is 0 Å². The maximum Gasteiger partial charge on any atom is 0.347 e. The van der Waals surface area contributed by atoms with Gasteiger partial charge in [-0.15, -0.1) is 0 Å². The lowest BCUT2D eigenvalue weighted by atomic mass is 10.1. The molecule has 0 saturated heterocycles. The third-order valence-electron chi connectivity index (χ3n) is 3.15. The van der Waals surface area contributed by atoms with Gasteiger partial charge in [-0.1, -0.05) is 6.07 Å². The van der Waals surface area contributed by atoms with Crippen molar-refractivity contribution in [1.82, 2.24) is 9.55 Å². The van der Waals surface area contributed by atoms with E-state index >= 15 is 0 Å². The van der Waals surface area contributed by atoms with Crippen molar-refractivity contribution in [3.05, 3.63) is 52.2 Å². The number of hydrogen-bond acceptors (Lipinski definition) is 5. The monoisotopic (exact) mass is 290 g/mol. The number of nitrogens with zero attached hydrogens (tertiary/aromatic N) is 2. The van der Waals surface area contributed by atoms with Crippen LogP contribution in [-0.4, -0.2) is 28.9 Å². The van der Waals surface area contributed by atoms with E-state index in [1.54, 1.807) is 31.5 Å². The van der Waals surface area contributed by atoms with Crippen molar-refractivity contribution < 1.29 is 14.6 Å². The Morgan fingerprint density at radius 2 is 2.00 bits per heavy atom. The van der Waals surface area contributed by atoms with E-state index in [0.717, 1.165) is 5.56 Å². The summed E-state index contributed by atoms with van der Waals surface area (Å²) in [6, 6.07) is 5.15. The smallest absolute Gasteiger partial charge is 0.347 e. The van der Waals surface area contributed by atoms with Gasteiger partial charge in [0.05, 0.1) is 26.9 Å². The van der Waals surface area contributed by atoms with Crippen LogP contribution in [-0.2, 0) is 6.54 Å². The first kappa shape index (κ1) is 15.1. The molecule has 6 nitrogen and oxygen atoms in total. The van der Waals surface area contributed by atoms with Crippen molar-refractivity contribution in [2.24, 2.45) is 0 Å². The number of ether oxygens (including phenoxy) is 2. The van der Waals surface area contributed by atoms with Crippen molar-refractivity contribution >= 4 is 0 Å². The van der Waals surface area contributed by atoms with E-state index in [0.29, 0.717) is 17.1 Å². The summed E-state index contributed by atoms with van der Waals surface area (Å²) in [6.45, 7) is 1.97. The molecule has 1 aromatic heterocycles. The van der Waals surface area contributed by atoms with Crippen LogP contribution in [0.3, 0.4) is 0 Å². The third-order valence-corrected chi connectivity index (χ3v) is 3.15. The van der Waals surface area contributed by atoms with Crippen LogP contribution in [0.1, 0.15) is 17.2 Å². The first-order valence-corrected chi connectivity index (χ1v) is 6.48. The molecule has 1 heterocycles. The van der Waals surface area contributed by atoms with Gasteiger partial charge in [0.1, 0.15) is 0 Å². The van der Waals surface area contributed by atoms with E-state index in [9.17, 15) is 9.90 Å². The van der Waals surface area contributed by atoms with Gasteiger partial charge in [0.15, 0.2) is 11.5 Å². The Kier molecular flexibility index (Phi) is 4.59. The zero-order chi connectivity index (χ0) is 15.4. The Balaban J connectivity index is 2.26. The SMILES string of the molecule is COc1ccc(C(O)Cn2cc(C)cnc2=O)cc1OC. The largest absolute Gasteiger partial charge is 0.493 e. The van der Waals surface area contributed by atoms with Crippen LogP contribution in [0.2, 0.25) is 0 Å². The molecule has 0 aliphatic rings. The maximum absolute atomic E-state index is 11.7. The van der Waals surface area contributed by atoms with E-state index in [1.807, 2.05) is 6.92 Å². The molecule has 21 heavy (non-hydrogen) atoms. The standard InChI is InChI=1S/C15H18N2O4/c1-10-7-16-15(19)17(8-10)9-12(18)11-4-5-13(20-2)14(6-11)21-3/h4-8,12,18H,9H2,1-3H3.